The molecule has 3 aromatic heterocycles. The molecule has 0 amide bonds. The normalized spacial score (nSPS) is 12.6. The molecule has 0 aliphatic rings. The summed E-state index contributed by atoms with van der Waals surface area (Å²) in [5.74, 6) is 1.83. The molecule has 56 heavy (non-hydrogen) atoms. The largest absolute Gasteiger partial charge is 0.512 e. The average Bonchev–Trinajstić information content (AvgIpc) is 3.67. The average molecular weight is 949 g/mol. The van der Waals surface area contributed by atoms with Crippen molar-refractivity contribution in [1.29, 1.82) is 0 Å². The first-order valence-electron chi connectivity index (χ1n) is 20.2. The number of aryl methyl sites for hydroxylation is 2. The fourth-order valence-corrected chi connectivity index (χ4v) is 8.43. The topological polar surface area (TPSA) is 63.3 Å². The summed E-state index contributed by atoms with van der Waals surface area (Å²) >= 11 is 1.89. The van der Waals surface area contributed by atoms with Crippen molar-refractivity contribution in [3.05, 3.63) is 100 Å². The van der Waals surface area contributed by atoms with E-state index in [1.54, 1.807) is 0 Å². The van der Waals surface area contributed by atoms with Crippen LogP contribution in [0.2, 0.25) is 0 Å². The fourth-order valence-electron chi connectivity index (χ4n) is 7.35. The minimum Gasteiger partial charge on any atom is -0.512 e. The van der Waals surface area contributed by atoms with Gasteiger partial charge in [-0.1, -0.05) is 105 Å². The molecule has 6 heteroatoms. The molecule has 6 aromatic rings. The van der Waals surface area contributed by atoms with Gasteiger partial charge in [-0.15, -0.1) is 40.5 Å². The van der Waals surface area contributed by atoms with Gasteiger partial charge in [0.2, 0.25) is 0 Å². The van der Waals surface area contributed by atoms with Crippen LogP contribution in [0.25, 0.3) is 54.4 Å². The summed E-state index contributed by atoms with van der Waals surface area (Å²) in [6.45, 7) is 27.9. The van der Waals surface area contributed by atoms with E-state index in [0.717, 1.165) is 76.6 Å². The van der Waals surface area contributed by atoms with Crippen molar-refractivity contribution >= 4 is 48.9 Å². The fraction of sp³-hybridized carbons (Fsp3) is 0.440. The van der Waals surface area contributed by atoms with Crippen LogP contribution in [-0.2, 0) is 36.7 Å². The number of fused-ring (bicyclic) bond motifs is 3. The van der Waals surface area contributed by atoms with Gasteiger partial charge in [-0.2, -0.15) is 0 Å². The maximum absolute atomic E-state index is 12.2. The minimum atomic E-state index is -0.337. The molecule has 3 aromatic carbocycles. The zero-order valence-corrected chi connectivity index (χ0v) is 39.1. The third-order valence-corrected chi connectivity index (χ3v) is 13.3. The predicted molar refractivity (Wildman–Crippen MR) is 236 cm³/mol. The summed E-state index contributed by atoms with van der Waals surface area (Å²) in [5.41, 5.74) is 7.07. The zero-order valence-electron chi connectivity index (χ0n) is 35.9. The van der Waals surface area contributed by atoms with Crippen molar-refractivity contribution < 1.29 is 34.4 Å². The molecule has 0 spiro atoms. The summed E-state index contributed by atoms with van der Waals surface area (Å²) in [6, 6.07) is 23.3. The second kappa shape index (κ2) is 17.9. The Morgan fingerprint density at radius 1 is 0.875 bits per heavy atom. The molecule has 3 heterocycles. The van der Waals surface area contributed by atoms with Gasteiger partial charge in [0.1, 0.15) is 17.1 Å². The Balaban J connectivity index is 0.000000330. The summed E-state index contributed by atoms with van der Waals surface area (Å²) in [6.07, 6.45) is 7.75. The van der Waals surface area contributed by atoms with E-state index in [0.29, 0.717) is 5.92 Å². The minimum absolute atomic E-state index is 0. The third kappa shape index (κ3) is 9.09. The van der Waals surface area contributed by atoms with Crippen LogP contribution < -0.4 is 0 Å². The second-order valence-corrected chi connectivity index (χ2v) is 18.6. The molecule has 0 saturated heterocycles. The first-order chi connectivity index (χ1) is 25.9. The number of benzene rings is 3. The molecule has 0 fully saturated rings. The number of aliphatic hydroxyl groups is 1. The second-order valence-electron chi connectivity index (χ2n) is 17.4. The molecule has 6 rings (SSSR count). The van der Waals surface area contributed by atoms with Gasteiger partial charge in [0.05, 0.1) is 0 Å². The first-order valence-corrected chi connectivity index (χ1v) is 21.0. The Morgan fingerprint density at radius 3 is 2.12 bits per heavy atom. The molecular formula is C50H62IrNO3S-. The van der Waals surface area contributed by atoms with E-state index in [-0.39, 0.29) is 47.9 Å². The van der Waals surface area contributed by atoms with E-state index >= 15 is 0 Å². The van der Waals surface area contributed by atoms with Crippen molar-refractivity contribution in [2.24, 2.45) is 16.7 Å². The summed E-state index contributed by atoms with van der Waals surface area (Å²) in [5, 5.41) is 14.9. The van der Waals surface area contributed by atoms with Crippen LogP contribution in [0.5, 0.6) is 0 Å². The smallest absolute Gasteiger partial charge is 0.164 e. The Hall–Kier alpha value is -3.57. The van der Waals surface area contributed by atoms with Gasteiger partial charge >= 0.3 is 0 Å². The number of carbonyl (C=O) groups is 1. The number of hydrogen-bond donors (Lipinski definition) is 1. The van der Waals surface area contributed by atoms with Gasteiger partial charge in [-0.3, -0.25) is 9.78 Å². The molecule has 0 bridgehead atoms. The van der Waals surface area contributed by atoms with Crippen LogP contribution in [-0.4, -0.2) is 15.9 Å². The van der Waals surface area contributed by atoms with Crippen LogP contribution in [0.3, 0.4) is 0 Å². The number of ketones is 1. The molecule has 301 valence electrons. The van der Waals surface area contributed by atoms with Crippen LogP contribution in [0.4, 0.5) is 0 Å². The van der Waals surface area contributed by atoms with E-state index in [9.17, 15) is 9.90 Å². The Labute approximate surface area is 353 Å². The van der Waals surface area contributed by atoms with Gasteiger partial charge in [-0.25, -0.2) is 0 Å². The summed E-state index contributed by atoms with van der Waals surface area (Å²) < 4.78 is 8.05. The van der Waals surface area contributed by atoms with E-state index in [1.807, 2.05) is 59.1 Å². The molecule has 0 aliphatic heterocycles. The van der Waals surface area contributed by atoms with Gasteiger partial charge in [-0.05, 0) is 92.5 Å². The molecule has 0 aliphatic carbocycles. The number of nitrogens with zero attached hydrogens (tertiary/aromatic N) is 1. The zero-order chi connectivity index (χ0) is 40.5. The van der Waals surface area contributed by atoms with Gasteiger partial charge in [0, 0.05) is 75.0 Å². The number of aliphatic hydroxyl groups excluding tert-OH is 1. The van der Waals surface area contributed by atoms with E-state index < -0.39 is 0 Å². The van der Waals surface area contributed by atoms with Crippen molar-refractivity contribution in [3.8, 4) is 22.6 Å². The monoisotopic (exact) mass is 949 g/mol. The molecule has 1 N–H and O–H groups in total. The number of thiophene rings is 1. The number of aromatic nitrogens is 1. The Kier molecular flexibility index (Phi) is 14.4. The summed E-state index contributed by atoms with van der Waals surface area (Å²) in [7, 11) is 0. The number of pyridine rings is 1. The quantitative estimate of drug-likeness (QED) is 0.0798. The van der Waals surface area contributed by atoms with Crippen LogP contribution in [0.15, 0.2) is 77.0 Å². The maximum Gasteiger partial charge on any atom is 0.164 e. The first kappa shape index (κ1) is 45.1. The van der Waals surface area contributed by atoms with Gasteiger partial charge in [0.25, 0.3) is 0 Å². The van der Waals surface area contributed by atoms with Crippen molar-refractivity contribution in [1.82, 2.24) is 4.98 Å². The predicted octanol–water partition coefficient (Wildman–Crippen LogP) is 15.1. The number of carbonyl (C=O) groups excluding carboxylic acids is 1. The molecule has 4 nitrogen and oxygen atoms in total. The SMILES string of the molecule is CCC(C)(CC)C(=O)/C=C(\O)C(C)(CC)CC.Cc1sc2ccc(-c3oc4c(-c5[c-]c6ccccc6c(C(C)(C)C)c5)nccc4c3C)cc2c1CC(C)C.[Ir]. The Bertz CT molecular complexity index is 2340. The van der Waals surface area contributed by atoms with E-state index in [2.05, 4.69) is 109 Å². The van der Waals surface area contributed by atoms with Crippen molar-refractivity contribution in [2.45, 2.75) is 128 Å². The number of allylic oxidation sites excluding steroid dienone is 2. The molecule has 1 radical (unpaired) electrons. The van der Waals surface area contributed by atoms with Crippen LogP contribution >= 0.6 is 11.3 Å². The number of rotatable bonds is 11. The molecule has 0 saturated carbocycles. The molecular weight excluding hydrogens is 887 g/mol. The molecule has 0 atom stereocenters. The van der Waals surface area contributed by atoms with Crippen LogP contribution in [0.1, 0.15) is 123 Å². The molecule has 0 unspecified atom stereocenters. The standard InChI is InChI=1S/C35H34NOS.C15H28O2.Ir/c1-20(2)16-28-22(4)38-31-13-12-24(18-29(28)31)33-21(3)26-14-15-36-32(34(26)37-33)25-17-23-10-8-9-11-27(23)30(19-25)35(5,6)7;1-7-14(5,8-2)12(16)11-13(17)15(6,9-3)10-4;/h8-15,18-20H,16H2,1-7H3;11,16H,7-10H2,1-6H3;/q-1;;/b;12-11-;. The maximum atomic E-state index is 12.2. The van der Waals surface area contributed by atoms with Crippen molar-refractivity contribution in [2.75, 3.05) is 0 Å². The van der Waals surface area contributed by atoms with Gasteiger partial charge < -0.3 is 9.52 Å². The van der Waals surface area contributed by atoms with Gasteiger partial charge in [0.15, 0.2) is 5.78 Å². The third-order valence-electron chi connectivity index (χ3n) is 12.2. The van der Waals surface area contributed by atoms with E-state index in [1.165, 1.54) is 37.6 Å². The van der Waals surface area contributed by atoms with Crippen LogP contribution in [0, 0.1) is 36.7 Å². The van der Waals surface area contributed by atoms with Crippen molar-refractivity contribution in [3.63, 3.8) is 0 Å². The number of furan rings is 1. The Morgan fingerprint density at radius 2 is 1.52 bits per heavy atom. The summed E-state index contributed by atoms with van der Waals surface area (Å²) in [4.78, 5) is 18.4. The van der Waals surface area contributed by atoms with E-state index in [4.69, 9.17) is 9.40 Å². The number of hydrogen-bond acceptors (Lipinski definition) is 5.